The summed E-state index contributed by atoms with van der Waals surface area (Å²) in [7, 11) is 0. The van der Waals surface area contributed by atoms with Gasteiger partial charge in [0.25, 0.3) is 0 Å². The minimum Gasteiger partial charge on any atom is -0.320 e. The van der Waals surface area contributed by atoms with E-state index in [2.05, 4.69) is 54.3 Å². The molecule has 1 aliphatic carbocycles. The van der Waals surface area contributed by atoms with Gasteiger partial charge in [-0.1, -0.05) is 30.0 Å². The van der Waals surface area contributed by atoms with Crippen LogP contribution in [0.25, 0.3) is 0 Å². The Morgan fingerprint density at radius 2 is 1.81 bits per heavy atom. The first-order valence-corrected chi connectivity index (χ1v) is 8.36. The van der Waals surface area contributed by atoms with Crippen molar-refractivity contribution >= 4 is 11.8 Å². The molecule has 0 bridgehead atoms. The molecule has 2 heteroatoms. The van der Waals surface area contributed by atoms with E-state index in [0.717, 1.165) is 11.3 Å². The average molecular weight is 293 g/mol. The van der Waals surface area contributed by atoms with Gasteiger partial charge in [-0.2, -0.15) is 0 Å². The van der Waals surface area contributed by atoms with Crippen molar-refractivity contribution < 1.29 is 0 Å². The predicted octanol–water partition coefficient (Wildman–Crippen LogP) is 3.78. The molecule has 0 radical (unpaired) electrons. The number of fused-ring (bicyclic) bond motifs is 1. The Morgan fingerprint density at radius 3 is 2.62 bits per heavy atom. The summed E-state index contributed by atoms with van der Waals surface area (Å²) in [6.07, 6.45) is 3.82. The maximum atomic E-state index is 5.38. The molecule has 0 saturated carbocycles. The lowest BCUT2D eigenvalue weighted by Crippen LogP contribution is -1.93. The molecule has 2 aromatic rings. The molecular formula is C19H19NS. The smallest absolute Gasteiger partial charge is 0.0555 e. The zero-order chi connectivity index (χ0) is 14.5. The van der Waals surface area contributed by atoms with Gasteiger partial charge in [-0.25, -0.2) is 0 Å². The molecule has 2 aromatic carbocycles. The monoisotopic (exact) mass is 293 g/mol. The molecule has 0 heterocycles. The number of thioether (sulfide) groups is 1. The van der Waals surface area contributed by atoms with Crippen molar-refractivity contribution in [1.82, 2.24) is 0 Å². The first-order chi connectivity index (χ1) is 10.3. The van der Waals surface area contributed by atoms with Crippen molar-refractivity contribution in [2.45, 2.75) is 29.9 Å². The fraction of sp³-hybridized carbons (Fsp3) is 0.263. The Hall–Kier alpha value is -1.69. The average Bonchev–Trinajstić information content (AvgIpc) is 2.99. The number of nitrogens with two attached hydrogens (primary N) is 1. The highest BCUT2D eigenvalue weighted by Crippen LogP contribution is 2.29. The standard InChI is InChI=1S/C19H19NS/c20-12-2-3-15-6-8-16(9-7-15)14-21-19-11-10-17-4-1-5-18(17)13-19/h6-11,13H,1,4-5,12,14,20H2. The number of aryl methyl sites for hydroxylation is 2. The molecular weight excluding hydrogens is 274 g/mol. The quantitative estimate of drug-likeness (QED) is 0.688. The molecule has 0 atom stereocenters. The van der Waals surface area contributed by atoms with E-state index in [4.69, 9.17) is 5.73 Å². The third kappa shape index (κ3) is 3.69. The van der Waals surface area contributed by atoms with Gasteiger partial charge in [-0.05, 0) is 60.2 Å². The second-order valence-corrected chi connectivity index (χ2v) is 6.32. The molecule has 0 fully saturated rings. The molecule has 0 amide bonds. The summed E-state index contributed by atoms with van der Waals surface area (Å²) in [6, 6.07) is 15.4. The van der Waals surface area contributed by atoms with Gasteiger partial charge < -0.3 is 5.73 Å². The van der Waals surface area contributed by atoms with E-state index >= 15 is 0 Å². The predicted molar refractivity (Wildman–Crippen MR) is 90.4 cm³/mol. The van der Waals surface area contributed by atoms with Gasteiger partial charge in [0, 0.05) is 16.2 Å². The molecule has 0 aromatic heterocycles. The van der Waals surface area contributed by atoms with Crippen LogP contribution in [0.2, 0.25) is 0 Å². The highest BCUT2D eigenvalue weighted by molar-refractivity contribution is 7.98. The van der Waals surface area contributed by atoms with Gasteiger partial charge in [0.1, 0.15) is 0 Å². The van der Waals surface area contributed by atoms with Crippen molar-refractivity contribution in [1.29, 1.82) is 0 Å². The Labute approximate surface area is 130 Å². The van der Waals surface area contributed by atoms with E-state index in [0.29, 0.717) is 6.54 Å². The topological polar surface area (TPSA) is 26.0 Å². The van der Waals surface area contributed by atoms with Crippen molar-refractivity contribution in [3.63, 3.8) is 0 Å². The summed E-state index contributed by atoms with van der Waals surface area (Å²) in [5, 5.41) is 0. The summed E-state index contributed by atoms with van der Waals surface area (Å²) in [4.78, 5) is 1.38. The van der Waals surface area contributed by atoms with Crippen LogP contribution in [0.3, 0.4) is 0 Å². The zero-order valence-corrected chi connectivity index (χ0v) is 12.9. The lowest BCUT2D eigenvalue weighted by atomic mass is 10.1. The maximum absolute atomic E-state index is 5.38. The molecule has 0 spiro atoms. The fourth-order valence-electron chi connectivity index (χ4n) is 2.64. The van der Waals surface area contributed by atoms with Gasteiger partial charge in [0.05, 0.1) is 6.54 Å². The summed E-state index contributed by atoms with van der Waals surface area (Å²) in [6.45, 7) is 0.413. The van der Waals surface area contributed by atoms with Crippen LogP contribution in [-0.4, -0.2) is 6.54 Å². The van der Waals surface area contributed by atoms with Gasteiger partial charge in [0.2, 0.25) is 0 Å². The van der Waals surface area contributed by atoms with E-state index in [1.807, 2.05) is 11.8 Å². The fourth-order valence-corrected chi connectivity index (χ4v) is 3.56. The molecule has 0 unspecified atom stereocenters. The normalized spacial score (nSPS) is 12.6. The second-order valence-electron chi connectivity index (χ2n) is 5.28. The van der Waals surface area contributed by atoms with Crippen LogP contribution in [0.4, 0.5) is 0 Å². The highest BCUT2D eigenvalue weighted by Gasteiger charge is 2.10. The lowest BCUT2D eigenvalue weighted by Gasteiger charge is -2.05. The Kier molecular flexibility index (Phi) is 4.65. The largest absolute Gasteiger partial charge is 0.320 e. The van der Waals surface area contributed by atoms with Crippen LogP contribution < -0.4 is 5.73 Å². The van der Waals surface area contributed by atoms with Crippen LogP contribution in [-0.2, 0) is 18.6 Å². The summed E-state index contributed by atoms with van der Waals surface area (Å²) in [5.74, 6) is 6.93. The summed E-state index contributed by atoms with van der Waals surface area (Å²) in [5.41, 5.74) is 10.8. The van der Waals surface area contributed by atoms with E-state index in [1.165, 1.54) is 29.7 Å². The molecule has 1 aliphatic rings. The van der Waals surface area contributed by atoms with Gasteiger partial charge >= 0.3 is 0 Å². The molecule has 0 aliphatic heterocycles. The zero-order valence-electron chi connectivity index (χ0n) is 12.1. The van der Waals surface area contributed by atoms with Crippen molar-refractivity contribution in [3.8, 4) is 11.8 Å². The molecule has 21 heavy (non-hydrogen) atoms. The molecule has 106 valence electrons. The van der Waals surface area contributed by atoms with Crippen molar-refractivity contribution in [2.24, 2.45) is 5.73 Å². The Balaban J connectivity index is 1.62. The summed E-state index contributed by atoms with van der Waals surface area (Å²) < 4.78 is 0. The SMILES string of the molecule is NCC#Cc1ccc(CSc2ccc3c(c2)CCC3)cc1. The first kappa shape index (κ1) is 14.3. The third-order valence-electron chi connectivity index (χ3n) is 3.76. The molecule has 2 N–H and O–H groups in total. The number of rotatable bonds is 3. The van der Waals surface area contributed by atoms with Gasteiger partial charge in [-0.3, -0.25) is 0 Å². The van der Waals surface area contributed by atoms with Crippen LogP contribution in [0.1, 0.15) is 28.7 Å². The van der Waals surface area contributed by atoms with Gasteiger partial charge in [0.15, 0.2) is 0 Å². The number of benzene rings is 2. The minimum atomic E-state index is 0.413. The van der Waals surface area contributed by atoms with E-state index < -0.39 is 0 Å². The van der Waals surface area contributed by atoms with Crippen LogP contribution in [0, 0.1) is 11.8 Å². The minimum absolute atomic E-state index is 0.413. The maximum Gasteiger partial charge on any atom is 0.0555 e. The molecule has 0 saturated heterocycles. The van der Waals surface area contributed by atoms with E-state index in [9.17, 15) is 0 Å². The number of hydrogen-bond acceptors (Lipinski definition) is 2. The first-order valence-electron chi connectivity index (χ1n) is 7.37. The van der Waals surface area contributed by atoms with Gasteiger partial charge in [-0.15, -0.1) is 11.8 Å². The highest BCUT2D eigenvalue weighted by atomic mass is 32.2. The van der Waals surface area contributed by atoms with Crippen LogP contribution >= 0.6 is 11.8 Å². The third-order valence-corrected chi connectivity index (χ3v) is 4.83. The van der Waals surface area contributed by atoms with Crippen molar-refractivity contribution in [3.05, 3.63) is 64.7 Å². The van der Waals surface area contributed by atoms with E-state index in [1.54, 1.807) is 11.1 Å². The van der Waals surface area contributed by atoms with Crippen LogP contribution in [0.5, 0.6) is 0 Å². The van der Waals surface area contributed by atoms with Crippen LogP contribution in [0.15, 0.2) is 47.4 Å². The Morgan fingerprint density at radius 1 is 1.00 bits per heavy atom. The summed E-state index contributed by atoms with van der Waals surface area (Å²) >= 11 is 1.91. The molecule has 3 rings (SSSR count). The van der Waals surface area contributed by atoms with E-state index in [-0.39, 0.29) is 0 Å². The molecule has 1 nitrogen and oxygen atoms in total. The Bertz CT molecular complexity index is 677. The second kappa shape index (κ2) is 6.85. The van der Waals surface area contributed by atoms with Crippen molar-refractivity contribution in [2.75, 3.05) is 6.54 Å². The number of hydrogen-bond donors (Lipinski definition) is 1. The lowest BCUT2D eigenvalue weighted by molar-refractivity contribution is 0.911.